The minimum atomic E-state index is -3.46. The van der Waals surface area contributed by atoms with Crippen LogP contribution in [-0.4, -0.2) is 54.1 Å². The fourth-order valence-electron chi connectivity index (χ4n) is 3.90. The number of anilines is 1. The van der Waals surface area contributed by atoms with Crippen molar-refractivity contribution in [2.75, 3.05) is 12.3 Å². The molecule has 1 aromatic heterocycles. The van der Waals surface area contributed by atoms with Crippen LogP contribution in [0, 0.1) is 5.92 Å². The van der Waals surface area contributed by atoms with E-state index < -0.39 is 44.9 Å². The predicted molar refractivity (Wildman–Crippen MR) is 166 cm³/mol. The monoisotopic (exact) mass is 639 g/mol. The van der Waals surface area contributed by atoms with Crippen molar-refractivity contribution < 1.29 is 32.3 Å². The van der Waals surface area contributed by atoms with E-state index in [1.54, 1.807) is 20.8 Å². The maximum absolute atomic E-state index is 12.7. The van der Waals surface area contributed by atoms with Crippen molar-refractivity contribution in [3.05, 3.63) is 72.1 Å². The van der Waals surface area contributed by atoms with E-state index in [-0.39, 0.29) is 28.7 Å². The number of sulfone groups is 1. The Labute approximate surface area is 261 Å². The molecule has 240 valence electrons. The number of nitrogens with one attached hydrogen (secondary N) is 4. The number of imide groups is 1. The number of benzene rings is 2. The Hall–Kier alpha value is -5.05. The molecule has 0 aliphatic rings. The van der Waals surface area contributed by atoms with Crippen molar-refractivity contribution in [1.29, 1.82) is 0 Å². The molecule has 3 aromatic rings. The van der Waals surface area contributed by atoms with Gasteiger partial charge in [0.05, 0.1) is 22.0 Å². The highest BCUT2D eigenvalue weighted by atomic mass is 32.2. The fourth-order valence-corrected chi connectivity index (χ4v) is 4.96. The molecule has 15 heteroatoms. The van der Waals surface area contributed by atoms with Crippen LogP contribution in [0.3, 0.4) is 0 Å². The van der Waals surface area contributed by atoms with E-state index in [1.165, 1.54) is 30.5 Å². The first kappa shape index (κ1) is 34.4. The van der Waals surface area contributed by atoms with Gasteiger partial charge in [0, 0.05) is 18.0 Å². The van der Waals surface area contributed by atoms with Gasteiger partial charge in [-0.25, -0.2) is 33.4 Å². The van der Waals surface area contributed by atoms with Crippen LogP contribution in [0.1, 0.15) is 56.1 Å². The number of urea groups is 1. The molecule has 2 aromatic carbocycles. The Bertz CT molecular complexity index is 1600. The van der Waals surface area contributed by atoms with Crippen LogP contribution in [0.5, 0.6) is 0 Å². The van der Waals surface area contributed by atoms with Crippen LogP contribution < -0.4 is 27.2 Å². The number of aromatic nitrogens is 2. The first-order valence-corrected chi connectivity index (χ1v) is 15.8. The maximum Gasteiger partial charge on any atom is 0.407 e. The molecule has 45 heavy (non-hydrogen) atoms. The Morgan fingerprint density at radius 3 is 2.29 bits per heavy atom. The van der Waals surface area contributed by atoms with E-state index >= 15 is 0 Å². The third-order valence-corrected chi connectivity index (χ3v) is 8.81. The van der Waals surface area contributed by atoms with Gasteiger partial charge in [0.1, 0.15) is 6.61 Å². The lowest BCUT2D eigenvalue weighted by Crippen LogP contribution is -2.50. The largest absolute Gasteiger partial charge is 0.445 e. The number of hydrogen-bond acceptors (Lipinski definition) is 10. The molecule has 0 saturated heterocycles. The van der Waals surface area contributed by atoms with Gasteiger partial charge in [-0.05, 0) is 44.4 Å². The molecule has 14 nitrogen and oxygen atoms in total. The standard InChI is InChI=1S/C30H37N7O7S/c1-19(2)45(42,43)23-14-12-22(13-15-23)24-17-33-26(31)25(34-24)28(39)36-37-29(40)35-27(38)20(3)9-7-8-16-32-30(41)44-18-21-10-5-4-6-11-21/h4-6,10-15,17,19-20H,7-9,16,18H2,1-3H3,(H2,31,33)(H,32,41)(H,36,39)(H2,35,37,38,40)/t20-/m0/s1. The van der Waals surface area contributed by atoms with Crippen LogP contribution >= 0.6 is 0 Å². The van der Waals surface area contributed by atoms with Gasteiger partial charge in [-0.15, -0.1) is 0 Å². The van der Waals surface area contributed by atoms with E-state index in [9.17, 15) is 27.6 Å². The topological polar surface area (TPSA) is 212 Å². The SMILES string of the molecule is CC(C)S(=O)(=O)c1ccc(-c2cnc(N)c(C(=O)NNC(=O)NC(=O)[C@@H](C)CCCCNC(=O)OCc3ccccc3)n2)cc1. The van der Waals surface area contributed by atoms with Crippen molar-refractivity contribution in [2.24, 2.45) is 5.92 Å². The van der Waals surface area contributed by atoms with Crippen LogP contribution in [0.15, 0.2) is 65.7 Å². The van der Waals surface area contributed by atoms with Crippen molar-refractivity contribution in [3.63, 3.8) is 0 Å². The summed E-state index contributed by atoms with van der Waals surface area (Å²) in [5, 5.41) is 4.21. The number of nitrogen functional groups attached to an aromatic ring is 1. The average Bonchev–Trinajstić information content (AvgIpc) is 3.03. The van der Waals surface area contributed by atoms with Gasteiger partial charge in [0.2, 0.25) is 5.91 Å². The summed E-state index contributed by atoms with van der Waals surface area (Å²) in [6.45, 7) is 5.36. The number of ether oxygens (including phenoxy) is 1. The second-order valence-corrected chi connectivity index (χ2v) is 12.9. The Kier molecular flexibility index (Phi) is 12.4. The quantitative estimate of drug-likeness (QED) is 0.144. The lowest BCUT2D eigenvalue weighted by Gasteiger charge is -2.13. The van der Waals surface area contributed by atoms with Gasteiger partial charge in [-0.3, -0.25) is 20.3 Å². The zero-order chi connectivity index (χ0) is 33.0. The molecule has 0 spiro atoms. The molecule has 0 bridgehead atoms. The number of unbranched alkanes of at least 4 members (excludes halogenated alkanes) is 1. The van der Waals surface area contributed by atoms with Crippen molar-refractivity contribution in [3.8, 4) is 11.3 Å². The van der Waals surface area contributed by atoms with Crippen LogP contribution in [0.4, 0.5) is 15.4 Å². The highest BCUT2D eigenvalue weighted by molar-refractivity contribution is 7.92. The van der Waals surface area contributed by atoms with Gasteiger partial charge in [-0.1, -0.05) is 55.8 Å². The summed E-state index contributed by atoms with van der Waals surface area (Å²) >= 11 is 0. The van der Waals surface area contributed by atoms with E-state index in [1.807, 2.05) is 30.3 Å². The zero-order valence-corrected chi connectivity index (χ0v) is 26.0. The van der Waals surface area contributed by atoms with Gasteiger partial charge in [0.15, 0.2) is 21.3 Å². The summed E-state index contributed by atoms with van der Waals surface area (Å²) in [6.07, 6.45) is 2.46. The molecule has 0 saturated carbocycles. The first-order valence-electron chi connectivity index (χ1n) is 14.2. The molecule has 1 heterocycles. The third-order valence-electron chi connectivity index (χ3n) is 6.63. The molecule has 0 aliphatic heterocycles. The maximum atomic E-state index is 12.7. The van der Waals surface area contributed by atoms with Gasteiger partial charge >= 0.3 is 12.1 Å². The molecule has 0 radical (unpaired) electrons. The van der Waals surface area contributed by atoms with Crippen molar-refractivity contribution >= 4 is 39.6 Å². The number of hydrazine groups is 1. The van der Waals surface area contributed by atoms with Crippen molar-refractivity contribution in [1.82, 2.24) is 31.5 Å². The van der Waals surface area contributed by atoms with Gasteiger partial charge in [0.25, 0.3) is 5.91 Å². The van der Waals surface area contributed by atoms with Crippen LogP contribution in [-0.2, 0) is 26.0 Å². The van der Waals surface area contributed by atoms with E-state index in [4.69, 9.17) is 10.5 Å². The molecule has 0 fully saturated rings. The van der Waals surface area contributed by atoms with E-state index in [2.05, 4.69) is 31.5 Å². The van der Waals surface area contributed by atoms with Crippen molar-refractivity contribution in [2.45, 2.75) is 56.8 Å². The minimum absolute atomic E-state index is 0.149. The van der Waals surface area contributed by atoms with Crippen LogP contribution in [0.25, 0.3) is 11.3 Å². The molecule has 5 amide bonds. The first-order chi connectivity index (χ1) is 21.4. The second kappa shape index (κ2) is 16.1. The van der Waals surface area contributed by atoms with E-state index in [0.29, 0.717) is 31.4 Å². The number of carbonyl (C=O) groups is 4. The Morgan fingerprint density at radius 2 is 1.62 bits per heavy atom. The summed E-state index contributed by atoms with van der Waals surface area (Å²) in [5.74, 6) is -2.16. The van der Waals surface area contributed by atoms with Crippen LogP contribution in [0.2, 0.25) is 0 Å². The number of alkyl carbamates (subject to hydrolysis) is 1. The number of rotatable bonds is 12. The predicted octanol–water partition coefficient (Wildman–Crippen LogP) is 3.11. The Morgan fingerprint density at radius 1 is 0.933 bits per heavy atom. The summed E-state index contributed by atoms with van der Waals surface area (Å²) in [5.41, 5.74) is 11.3. The summed E-state index contributed by atoms with van der Waals surface area (Å²) < 4.78 is 29.9. The molecule has 0 aliphatic carbocycles. The Balaban J connectivity index is 1.40. The lowest BCUT2D eigenvalue weighted by atomic mass is 10.0. The minimum Gasteiger partial charge on any atom is -0.445 e. The number of nitrogens with zero attached hydrogens (tertiary/aromatic N) is 2. The van der Waals surface area contributed by atoms with Gasteiger partial charge in [-0.2, -0.15) is 0 Å². The van der Waals surface area contributed by atoms with E-state index in [0.717, 1.165) is 5.56 Å². The molecular formula is C30H37N7O7S. The molecular weight excluding hydrogens is 602 g/mol. The highest BCUT2D eigenvalue weighted by Gasteiger charge is 2.21. The molecule has 3 rings (SSSR count). The third kappa shape index (κ3) is 10.3. The number of hydrogen-bond donors (Lipinski definition) is 5. The molecule has 1 atom stereocenters. The number of amides is 5. The number of nitrogens with two attached hydrogens (primary N) is 1. The van der Waals surface area contributed by atoms with Gasteiger partial charge < -0.3 is 15.8 Å². The smallest absolute Gasteiger partial charge is 0.407 e. The molecule has 6 N–H and O–H groups in total. The molecule has 0 unspecified atom stereocenters. The average molecular weight is 640 g/mol. The fraction of sp³-hybridized carbons (Fsp3) is 0.333. The summed E-state index contributed by atoms with van der Waals surface area (Å²) in [4.78, 5) is 57.4. The highest BCUT2D eigenvalue weighted by Crippen LogP contribution is 2.22. The summed E-state index contributed by atoms with van der Waals surface area (Å²) in [7, 11) is -3.46. The lowest BCUT2D eigenvalue weighted by molar-refractivity contribution is -0.123. The summed E-state index contributed by atoms with van der Waals surface area (Å²) in [6, 6.07) is 14.3. The zero-order valence-electron chi connectivity index (χ0n) is 25.2. The number of carbonyl (C=O) groups excluding carboxylic acids is 4. The second-order valence-electron chi connectivity index (χ2n) is 10.4. The normalized spacial score (nSPS) is 11.7.